The lowest BCUT2D eigenvalue weighted by Gasteiger charge is -2.12. The number of benzene rings is 3. The zero-order valence-electron chi connectivity index (χ0n) is 15.2. The molecule has 28 heavy (non-hydrogen) atoms. The fourth-order valence-corrected chi connectivity index (χ4v) is 2.68. The van der Waals surface area contributed by atoms with Crippen molar-refractivity contribution in [2.75, 3.05) is 10.6 Å². The quantitative estimate of drug-likeness (QED) is 0.637. The highest BCUT2D eigenvalue weighted by Crippen LogP contribution is 2.20. The van der Waals surface area contributed by atoms with Crippen LogP contribution in [0.5, 0.6) is 0 Å². The van der Waals surface area contributed by atoms with Crippen molar-refractivity contribution in [3.63, 3.8) is 0 Å². The number of carbonyl (C=O) groups excluding carboxylic acids is 3. The van der Waals surface area contributed by atoms with Crippen LogP contribution in [0.2, 0.25) is 0 Å². The van der Waals surface area contributed by atoms with E-state index < -0.39 is 11.8 Å². The number of nitrogens with two attached hydrogens (primary N) is 1. The summed E-state index contributed by atoms with van der Waals surface area (Å²) in [5.41, 5.74) is 8.11. The number of hydrogen-bond donors (Lipinski definition) is 3. The van der Waals surface area contributed by atoms with Crippen LogP contribution in [0.4, 0.5) is 11.4 Å². The Morgan fingerprint density at radius 1 is 0.714 bits per heavy atom. The molecule has 3 aromatic carbocycles. The number of amides is 3. The van der Waals surface area contributed by atoms with E-state index in [0.717, 1.165) is 5.56 Å². The summed E-state index contributed by atoms with van der Waals surface area (Å²) in [4.78, 5) is 36.5. The van der Waals surface area contributed by atoms with Crippen molar-refractivity contribution in [2.45, 2.75) is 6.92 Å². The molecule has 0 unspecified atom stereocenters. The summed E-state index contributed by atoms with van der Waals surface area (Å²) in [7, 11) is 0. The van der Waals surface area contributed by atoms with Crippen LogP contribution in [0.25, 0.3) is 0 Å². The van der Waals surface area contributed by atoms with Crippen LogP contribution < -0.4 is 16.4 Å². The van der Waals surface area contributed by atoms with E-state index in [9.17, 15) is 14.4 Å². The van der Waals surface area contributed by atoms with Crippen LogP contribution in [0.1, 0.15) is 36.6 Å². The van der Waals surface area contributed by atoms with Crippen molar-refractivity contribution >= 4 is 29.1 Å². The minimum absolute atomic E-state index is 0.223. The second-order valence-corrected chi connectivity index (χ2v) is 6.21. The van der Waals surface area contributed by atoms with Crippen molar-refractivity contribution in [1.82, 2.24) is 0 Å². The van der Waals surface area contributed by atoms with E-state index in [2.05, 4.69) is 10.6 Å². The van der Waals surface area contributed by atoms with Crippen LogP contribution in [0.3, 0.4) is 0 Å². The van der Waals surface area contributed by atoms with Gasteiger partial charge in [0.05, 0.1) is 11.3 Å². The van der Waals surface area contributed by atoms with Crippen molar-refractivity contribution in [2.24, 2.45) is 5.73 Å². The molecule has 140 valence electrons. The number of anilines is 2. The Hall–Kier alpha value is -3.93. The molecule has 6 nitrogen and oxygen atoms in total. The summed E-state index contributed by atoms with van der Waals surface area (Å²) in [5, 5.41) is 5.51. The molecule has 0 aromatic heterocycles. The second kappa shape index (κ2) is 8.18. The number of para-hydroxylation sites is 1. The fraction of sp³-hybridized carbons (Fsp3) is 0.0455. The maximum absolute atomic E-state index is 12.6. The Kier molecular flexibility index (Phi) is 5.50. The molecule has 0 aliphatic heterocycles. The first-order chi connectivity index (χ1) is 13.5. The van der Waals surface area contributed by atoms with Crippen molar-refractivity contribution in [3.8, 4) is 0 Å². The molecule has 3 rings (SSSR count). The van der Waals surface area contributed by atoms with Gasteiger partial charge in [-0.25, -0.2) is 0 Å². The van der Waals surface area contributed by atoms with Crippen molar-refractivity contribution < 1.29 is 14.4 Å². The summed E-state index contributed by atoms with van der Waals surface area (Å²) in [6, 6.07) is 20.3. The lowest BCUT2D eigenvalue weighted by molar-refractivity contribution is 0.0998. The summed E-state index contributed by atoms with van der Waals surface area (Å²) >= 11 is 0. The van der Waals surface area contributed by atoms with Crippen LogP contribution in [-0.4, -0.2) is 17.7 Å². The fourth-order valence-electron chi connectivity index (χ4n) is 2.68. The third-order valence-electron chi connectivity index (χ3n) is 4.22. The number of rotatable bonds is 5. The van der Waals surface area contributed by atoms with Crippen LogP contribution in [0.15, 0.2) is 72.8 Å². The first kappa shape index (κ1) is 18.8. The predicted octanol–water partition coefficient (Wildman–Crippen LogP) is 3.60. The minimum Gasteiger partial charge on any atom is -0.366 e. The van der Waals surface area contributed by atoms with Gasteiger partial charge in [0.2, 0.25) is 0 Å². The van der Waals surface area contributed by atoms with E-state index in [0.29, 0.717) is 22.5 Å². The molecule has 0 heterocycles. The van der Waals surface area contributed by atoms with Gasteiger partial charge in [-0.05, 0) is 48.9 Å². The Bertz CT molecular complexity index is 1050. The number of hydrogen-bond acceptors (Lipinski definition) is 3. The van der Waals surface area contributed by atoms with Gasteiger partial charge in [0.1, 0.15) is 0 Å². The highest BCUT2D eigenvalue weighted by atomic mass is 16.2. The van der Waals surface area contributed by atoms with Gasteiger partial charge in [0.15, 0.2) is 0 Å². The largest absolute Gasteiger partial charge is 0.366 e. The molecule has 3 amide bonds. The van der Waals surface area contributed by atoms with Crippen LogP contribution in [0, 0.1) is 6.92 Å². The molecule has 0 saturated carbocycles. The zero-order chi connectivity index (χ0) is 20.1. The van der Waals surface area contributed by atoms with Gasteiger partial charge in [-0.15, -0.1) is 0 Å². The molecule has 4 N–H and O–H groups in total. The maximum Gasteiger partial charge on any atom is 0.255 e. The molecule has 0 aliphatic carbocycles. The van der Waals surface area contributed by atoms with Gasteiger partial charge >= 0.3 is 0 Å². The number of primary amides is 1. The van der Waals surface area contributed by atoms with E-state index in [-0.39, 0.29) is 11.5 Å². The molecule has 6 heteroatoms. The third-order valence-corrected chi connectivity index (χ3v) is 4.22. The Morgan fingerprint density at radius 3 is 2.04 bits per heavy atom. The van der Waals surface area contributed by atoms with Gasteiger partial charge < -0.3 is 16.4 Å². The zero-order valence-corrected chi connectivity index (χ0v) is 15.2. The Labute approximate surface area is 162 Å². The molecule has 0 atom stereocenters. The predicted molar refractivity (Wildman–Crippen MR) is 108 cm³/mol. The van der Waals surface area contributed by atoms with E-state index in [1.54, 1.807) is 66.7 Å². The molecule has 0 saturated heterocycles. The van der Waals surface area contributed by atoms with E-state index >= 15 is 0 Å². The van der Waals surface area contributed by atoms with Crippen LogP contribution in [-0.2, 0) is 0 Å². The number of carbonyl (C=O) groups is 3. The van der Waals surface area contributed by atoms with Gasteiger partial charge in [0, 0.05) is 16.8 Å². The monoisotopic (exact) mass is 373 g/mol. The highest BCUT2D eigenvalue weighted by molar-refractivity contribution is 6.10. The van der Waals surface area contributed by atoms with E-state index in [4.69, 9.17) is 5.73 Å². The topological polar surface area (TPSA) is 101 Å². The van der Waals surface area contributed by atoms with Crippen LogP contribution >= 0.6 is 0 Å². The third kappa shape index (κ3) is 4.24. The van der Waals surface area contributed by atoms with Gasteiger partial charge in [-0.3, -0.25) is 14.4 Å². The second-order valence-electron chi connectivity index (χ2n) is 6.21. The molecule has 0 radical (unpaired) electrons. The highest BCUT2D eigenvalue weighted by Gasteiger charge is 2.14. The molecule has 0 bridgehead atoms. The van der Waals surface area contributed by atoms with Crippen molar-refractivity contribution in [1.29, 1.82) is 0 Å². The van der Waals surface area contributed by atoms with Gasteiger partial charge in [-0.1, -0.05) is 36.4 Å². The number of aryl methyl sites for hydroxylation is 1. The standard InChI is InChI=1S/C22H19N3O3/c1-14-11-12-16(13-19(14)25-21(27)15-7-3-2-4-8-15)22(28)24-18-10-6-5-9-17(18)20(23)26/h2-13H,1H3,(H2,23,26)(H,24,28)(H,25,27). The summed E-state index contributed by atoms with van der Waals surface area (Å²) in [6.07, 6.45) is 0. The van der Waals surface area contributed by atoms with Gasteiger partial charge in [-0.2, -0.15) is 0 Å². The van der Waals surface area contributed by atoms with Gasteiger partial charge in [0.25, 0.3) is 17.7 Å². The average molecular weight is 373 g/mol. The molecular formula is C22H19N3O3. The molecular weight excluding hydrogens is 354 g/mol. The lowest BCUT2D eigenvalue weighted by atomic mass is 10.1. The summed E-state index contributed by atoms with van der Waals surface area (Å²) in [5.74, 6) is -1.31. The first-order valence-corrected chi connectivity index (χ1v) is 8.63. The first-order valence-electron chi connectivity index (χ1n) is 8.63. The van der Waals surface area contributed by atoms with Crippen molar-refractivity contribution in [3.05, 3.63) is 95.1 Å². The molecule has 0 aliphatic rings. The smallest absolute Gasteiger partial charge is 0.255 e. The summed E-state index contributed by atoms with van der Waals surface area (Å²) in [6.45, 7) is 1.84. The Morgan fingerprint density at radius 2 is 1.32 bits per heavy atom. The molecule has 0 fully saturated rings. The number of nitrogens with one attached hydrogen (secondary N) is 2. The summed E-state index contributed by atoms with van der Waals surface area (Å²) < 4.78 is 0. The van der Waals surface area contributed by atoms with E-state index in [1.807, 2.05) is 13.0 Å². The molecule has 3 aromatic rings. The molecule has 0 spiro atoms. The van der Waals surface area contributed by atoms with E-state index in [1.165, 1.54) is 0 Å². The average Bonchev–Trinajstić information content (AvgIpc) is 2.70. The SMILES string of the molecule is Cc1ccc(C(=O)Nc2ccccc2C(N)=O)cc1NC(=O)c1ccccc1. The lowest BCUT2D eigenvalue weighted by Crippen LogP contribution is -2.19. The normalized spacial score (nSPS) is 10.2. The Balaban J connectivity index is 1.82. The minimum atomic E-state index is -0.629. The maximum atomic E-state index is 12.6.